The number of hydrogen-bond acceptors (Lipinski definition) is 4. The summed E-state index contributed by atoms with van der Waals surface area (Å²) >= 11 is 0. The van der Waals surface area contributed by atoms with Gasteiger partial charge in [-0.05, 0) is 30.7 Å². The number of hydrogen-bond donors (Lipinski definition) is 2. The van der Waals surface area contributed by atoms with Gasteiger partial charge in [0, 0.05) is 18.4 Å². The molecule has 6 nitrogen and oxygen atoms in total. The molecule has 20 heavy (non-hydrogen) atoms. The average molecular weight is 279 g/mol. The van der Waals surface area contributed by atoms with Crippen LogP contribution in [0.2, 0.25) is 0 Å². The summed E-state index contributed by atoms with van der Waals surface area (Å²) in [5.41, 5.74) is 0.566. The molecule has 1 rings (SSSR count). The molecule has 0 heterocycles. The van der Waals surface area contributed by atoms with E-state index in [1.807, 2.05) is 0 Å². The summed E-state index contributed by atoms with van der Waals surface area (Å²) in [7, 11) is 1.55. The number of Topliss-reactive ketones (excluding diaryl/α,β-unsaturated/α-hetero) is 1. The second kappa shape index (κ2) is 7.93. The molecular weight excluding hydrogens is 262 g/mol. The molecule has 0 bridgehead atoms. The fourth-order valence-electron chi connectivity index (χ4n) is 1.59. The lowest BCUT2D eigenvalue weighted by Gasteiger charge is -2.04. The van der Waals surface area contributed by atoms with E-state index in [4.69, 9.17) is 9.84 Å². The van der Waals surface area contributed by atoms with Crippen molar-refractivity contribution in [3.05, 3.63) is 29.8 Å². The summed E-state index contributed by atoms with van der Waals surface area (Å²) in [4.78, 5) is 33.3. The highest BCUT2D eigenvalue weighted by Gasteiger charge is 2.08. The van der Waals surface area contributed by atoms with E-state index in [9.17, 15) is 14.4 Å². The molecule has 0 aliphatic heterocycles. The first-order valence-electron chi connectivity index (χ1n) is 6.18. The maximum atomic E-state index is 11.8. The smallest absolute Gasteiger partial charge is 0.322 e. The zero-order valence-electron chi connectivity index (χ0n) is 11.2. The van der Waals surface area contributed by atoms with Gasteiger partial charge in [0.15, 0.2) is 5.78 Å². The number of nitrogens with one attached hydrogen (secondary N) is 1. The Morgan fingerprint density at radius 2 is 1.80 bits per heavy atom. The van der Waals surface area contributed by atoms with Crippen LogP contribution in [0.1, 0.15) is 29.6 Å². The van der Waals surface area contributed by atoms with Gasteiger partial charge in [-0.2, -0.15) is 0 Å². The molecule has 0 aromatic heterocycles. The summed E-state index contributed by atoms with van der Waals surface area (Å²) in [6.07, 6.45) is 0.762. The summed E-state index contributed by atoms with van der Waals surface area (Å²) < 4.78 is 5.00. The fraction of sp³-hybridized carbons (Fsp3) is 0.357. The number of carboxylic acid groups (broad SMARTS) is 1. The van der Waals surface area contributed by atoms with E-state index >= 15 is 0 Å². The minimum atomic E-state index is -1.09. The minimum absolute atomic E-state index is 0.0568. The Kier molecular flexibility index (Phi) is 6.22. The molecule has 0 unspecified atom stereocenters. The van der Waals surface area contributed by atoms with Gasteiger partial charge in [0.05, 0.1) is 7.11 Å². The lowest BCUT2D eigenvalue weighted by Crippen LogP contribution is -2.29. The van der Waals surface area contributed by atoms with Crippen molar-refractivity contribution >= 4 is 17.7 Å². The first kappa shape index (κ1) is 15.7. The number of benzene rings is 1. The van der Waals surface area contributed by atoms with Crippen molar-refractivity contribution in [1.29, 1.82) is 0 Å². The summed E-state index contributed by atoms with van der Waals surface area (Å²) in [6.45, 7) is -0.398. The van der Waals surface area contributed by atoms with Gasteiger partial charge in [0.2, 0.25) is 5.91 Å². The van der Waals surface area contributed by atoms with Crippen LogP contribution >= 0.6 is 0 Å². The third-order valence-corrected chi connectivity index (χ3v) is 2.66. The number of amides is 1. The van der Waals surface area contributed by atoms with Gasteiger partial charge >= 0.3 is 5.97 Å². The first-order chi connectivity index (χ1) is 9.52. The molecule has 1 aromatic carbocycles. The van der Waals surface area contributed by atoms with E-state index in [1.54, 1.807) is 31.4 Å². The Morgan fingerprint density at radius 1 is 1.15 bits per heavy atom. The SMILES string of the molecule is COc1ccc(C(=O)CCCC(=O)NCC(=O)O)cc1. The second-order valence-corrected chi connectivity index (χ2v) is 4.18. The number of ether oxygens (including phenoxy) is 1. The number of rotatable bonds is 8. The van der Waals surface area contributed by atoms with E-state index in [-0.39, 0.29) is 24.5 Å². The monoisotopic (exact) mass is 279 g/mol. The largest absolute Gasteiger partial charge is 0.497 e. The molecule has 0 saturated carbocycles. The minimum Gasteiger partial charge on any atom is -0.497 e. The molecule has 0 aliphatic carbocycles. The zero-order chi connectivity index (χ0) is 15.0. The summed E-state index contributed by atoms with van der Waals surface area (Å²) in [6, 6.07) is 6.75. The number of ketones is 1. The van der Waals surface area contributed by atoms with E-state index in [1.165, 1.54) is 0 Å². The van der Waals surface area contributed by atoms with Crippen LogP contribution in [0.3, 0.4) is 0 Å². The van der Waals surface area contributed by atoms with Crippen molar-refractivity contribution in [2.45, 2.75) is 19.3 Å². The summed E-state index contributed by atoms with van der Waals surface area (Å²) in [5.74, 6) is -0.837. The lowest BCUT2D eigenvalue weighted by atomic mass is 10.1. The fourth-order valence-corrected chi connectivity index (χ4v) is 1.59. The van der Waals surface area contributed by atoms with E-state index in [2.05, 4.69) is 5.32 Å². The third-order valence-electron chi connectivity index (χ3n) is 2.66. The molecule has 1 aromatic rings. The molecule has 0 atom stereocenters. The Morgan fingerprint density at radius 3 is 2.35 bits per heavy atom. The van der Waals surface area contributed by atoms with Crippen molar-refractivity contribution in [3.8, 4) is 5.75 Å². The molecule has 108 valence electrons. The third kappa shape index (κ3) is 5.51. The molecule has 6 heteroatoms. The highest BCUT2D eigenvalue weighted by atomic mass is 16.5. The lowest BCUT2D eigenvalue weighted by molar-refractivity contribution is -0.137. The van der Waals surface area contributed by atoms with Crippen LogP contribution in [-0.2, 0) is 9.59 Å². The van der Waals surface area contributed by atoms with E-state index in [0.717, 1.165) is 0 Å². The topological polar surface area (TPSA) is 92.7 Å². The van der Waals surface area contributed by atoms with Gasteiger partial charge in [0.25, 0.3) is 0 Å². The summed E-state index contributed by atoms with van der Waals surface area (Å²) in [5, 5.41) is 10.6. The van der Waals surface area contributed by atoms with Crippen LogP contribution in [0.4, 0.5) is 0 Å². The van der Waals surface area contributed by atoms with Crippen LogP contribution in [0, 0.1) is 0 Å². The van der Waals surface area contributed by atoms with Crippen LogP contribution in [0.25, 0.3) is 0 Å². The number of methoxy groups -OCH3 is 1. The van der Waals surface area contributed by atoms with Gasteiger partial charge in [-0.3, -0.25) is 14.4 Å². The number of carboxylic acids is 1. The van der Waals surface area contributed by atoms with Crippen LogP contribution in [0.15, 0.2) is 24.3 Å². The number of aliphatic carboxylic acids is 1. The number of carbonyl (C=O) groups excluding carboxylic acids is 2. The Hall–Kier alpha value is -2.37. The van der Waals surface area contributed by atoms with E-state index in [0.29, 0.717) is 17.7 Å². The Bertz CT molecular complexity index is 481. The predicted molar refractivity (Wildman–Crippen MR) is 71.8 cm³/mol. The van der Waals surface area contributed by atoms with Crippen LogP contribution in [0.5, 0.6) is 5.75 Å². The normalized spacial score (nSPS) is 9.85. The van der Waals surface area contributed by atoms with Crippen molar-refractivity contribution in [3.63, 3.8) is 0 Å². The maximum Gasteiger partial charge on any atom is 0.322 e. The molecule has 0 fully saturated rings. The van der Waals surface area contributed by atoms with Crippen LogP contribution in [-0.4, -0.2) is 36.4 Å². The Balaban J connectivity index is 2.32. The molecule has 0 radical (unpaired) electrons. The molecule has 0 saturated heterocycles. The molecule has 0 spiro atoms. The van der Waals surface area contributed by atoms with Gasteiger partial charge < -0.3 is 15.2 Å². The van der Waals surface area contributed by atoms with Gasteiger partial charge in [-0.1, -0.05) is 0 Å². The average Bonchev–Trinajstić information content (AvgIpc) is 2.45. The van der Waals surface area contributed by atoms with E-state index < -0.39 is 12.5 Å². The van der Waals surface area contributed by atoms with Crippen molar-refractivity contribution < 1.29 is 24.2 Å². The van der Waals surface area contributed by atoms with Gasteiger partial charge in [0.1, 0.15) is 12.3 Å². The molecular formula is C14H17NO5. The Labute approximate surface area is 116 Å². The van der Waals surface area contributed by atoms with Gasteiger partial charge in [-0.15, -0.1) is 0 Å². The van der Waals surface area contributed by atoms with Gasteiger partial charge in [-0.25, -0.2) is 0 Å². The number of carbonyl (C=O) groups is 3. The highest BCUT2D eigenvalue weighted by Crippen LogP contribution is 2.13. The molecule has 0 aliphatic rings. The predicted octanol–water partition coefficient (Wildman–Crippen LogP) is 1.25. The molecule has 2 N–H and O–H groups in total. The maximum absolute atomic E-state index is 11.8. The second-order valence-electron chi connectivity index (χ2n) is 4.18. The molecule has 1 amide bonds. The zero-order valence-corrected chi connectivity index (χ0v) is 11.2. The quantitative estimate of drug-likeness (QED) is 0.699. The standard InChI is InChI=1S/C14H17NO5/c1-20-11-7-5-10(6-8-11)12(16)3-2-4-13(17)15-9-14(18)19/h5-8H,2-4,9H2,1H3,(H,15,17)(H,18,19). The van der Waals surface area contributed by atoms with Crippen molar-refractivity contribution in [2.75, 3.05) is 13.7 Å². The highest BCUT2D eigenvalue weighted by molar-refractivity contribution is 5.96. The first-order valence-corrected chi connectivity index (χ1v) is 6.18. The van der Waals surface area contributed by atoms with Crippen molar-refractivity contribution in [2.24, 2.45) is 0 Å². The van der Waals surface area contributed by atoms with Crippen LogP contribution < -0.4 is 10.1 Å². The van der Waals surface area contributed by atoms with Crippen molar-refractivity contribution in [1.82, 2.24) is 5.32 Å².